The van der Waals surface area contributed by atoms with Gasteiger partial charge in [0.1, 0.15) is 24.3 Å². The van der Waals surface area contributed by atoms with E-state index >= 15 is 0 Å². The third-order valence-electron chi connectivity index (χ3n) is 6.03. The van der Waals surface area contributed by atoms with Crippen molar-refractivity contribution in [3.8, 4) is 17.4 Å². The summed E-state index contributed by atoms with van der Waals surface area (Å²) in [5.74, 6) is 1.75. The van der Waals surface area contributed by atoms with Crippen molar-refractivity contribution < 1.29 is 19.0 Å². The van der Waals surface area contributed by atoms with Gasteiger partial charge in [-0.2, -0.15) is 0 Å². The second-order valence-corrected chi connectivity index (χ2v) is 8.45. The first-order valence-corrected chi connectivity index (χ1v) is 11.8. The highest BCUT2D eigenvalue weighted by molar-refractivity contribution is 5.93. The lowest BCUT2D eigenvalue weighted by Gasteiger charge is -2.27. The minimum absolute atomic E-state index is 0.0257. The monoisotopic (exact) mass is 494 g/mol. The van der Waals surface area contributed by atoms with Gasteiger partial charge in [-0.25, -0.2) is 14.8 Å². The number of hydrogen-bond acceptors (Lipinski definition) is 9. The van der Waals surface area contributed by atoms with Crippen molar-refractivity contribution in [2.24, 2.45) is 0 Å². The number of nitrogens with zero attached hydrogens (tertiary/aromatic N) is 4. The molecule has 0 aliphatic carbocycles. The highest BCUT2D eigenvalue weighted by atomic mass is 16.7. The number of H-pyrrole nitrogens is 1. The van der Waals surface area contributed by atoms with E-state index in [2.05, 4.69) is 25.2 Å². The zero-order valence-electron chi connectivity index (χ0n) is 19.6. The van der Waals surface area contributed by atoms with Crippen molar-refractivity contribution in [2.75, 3.05) is 37.9 Å². The average Bonchev–Trinajstić information content (AvgIpc) is 3.38. The van der Waals surface area contributed by atoms with Gasteiger partial charge in [0.25, 0.3) is 11.5 Å². The smallest absolute Gasteiger partial charge is 0.328 e. The first kappa shape index (κ1) is 23.4. The molecule has 0 radical (unpaired) electrons. The summed E-state index contributed by atoms with van der Waals surface area (Å²) >= 11 is 0. The van der Waals surface area contributed by atoms with E-state index in [9.17, 15) is 14.4 Å². The molecule has 36 heavy (non-hydrogen) atoms. The molecule has 0 spiro atoms. The molecular formula is C24H26N6O6. The quantitative estimate of drug-likeness (QED) is 0.437. The lowest BCUT2D eigenvalue weighted by molar-refractivity contribution is 0.0944. The number of carbonyl (C=O) groups excluding carboxylic acids is 1. The SMILES string of the molecule is O=C(NCCOc1cc(N2CCCCC2)ncn1)c1c[nH]c(=O)n(Cc2ccc3c(c2)OCO3)c1=O. The van der Waals surface area contributed by atoms with Gasteiger partial charge >= 0.3 is 5.69 Å². The van der Waals surface area contributed by atoms with Gasteiger partial charge in [-0.3, -0.25) is 14.2 Å². The standard InChI is InChI=1S/C24H26N6O6/c31-22(25-6-9-34-21-11-20(27-14-28-21)29-7-2-1-3-8-29)17-12-26-24(33)30(23(17)32)13-16-4-5-18-19(10-16)36-15-35-18/h4-5,10-12,14H,1-3,6-9,13,15H2,(H,25,31)(H,26,33). The maximum atomic E-state index is 12.9. The number of nitrogens with one attached hydrogen (secondary N) is 2. The Balaban J connectivity index is 1.18. The predicted molar refractivity (Wildman–Crippen MR) is 129 cm³/mol. The molecule has 2 aliphatic rings. The van der Waals surface area contributed by atoms with E-state index in [1.165, 1.54) is 12.7 Å². The Kier molecular flexibility index (Phi) is 6.83. The molecule has 0 atom stereocenters. The summed E-state index contributed by atoms with van der Waals surface area (Å²) in [6, 6.07) is 6.92. The lowest BCUT2D eigenvalue weighted by Crippen LogP contribution is -2.41. The summed E-state index contributed by atoms with van der Waals surface area (Å²) in [6.45, 7) is 2.30. The zero-order chi connectivity index (χ0) is 24.9. The summed E-state index contributed by atoms with van der Waals surface area (Å²) in [5.41, 5.74) is -0.834. The molecule has 12 nitrogen and oxygen atoms in total. The van der Waals surface area contributed by atoms with Crippen molar-refractivity contribution in [3.63, 3.8) is 0 Å². The third kappa shape index (κ3) is 5.16. The van der Waals surface area contributed by atoms with E-state index in [0.29, 0.717) is 22.9 Å². The molecule has 2 N–H and O–H groups in total. The van der Waals surface area contributed by atoms with Crippen LogP contribution in [0.5, 0.6) is 17.4 Å². The van der Waals surface area contributed by atoms with Gasteiger partial charge in [0.05, 0.1) is 13.1 Å². The summed E-state index contributed by atoms with van der Waals surface area (Å²) in [4.78, 5) is 50.9. The Hall–Kier alpha value is -4.35. The molecule has 3 aromatic rings. The first-order valence-electron chi connectivity index (χ1n) is 11.8. The van der Waals surface area contributed by atoms with Crippen LogP contribution in [0.3, 0.4) is 0 Å². The molecule has 2 aliphatic heterocycles. The number of anilines is 1. The Morgan fingerprint density at radius 3 is 2.78 bits per heavy atom. The maximum absolute atomic E-state index is 12.9. The fourth-order valence-electron chi connectivity index (χ4n) is 4.16. The Bertz CT molecular complexity index is 1360. The van der Waals surface area contributed by atoms with Crippen molar-refractivity contribution >= 4 is 11.7 Å². The fourth-order valence-corrected chi connectivity index (χ4v) is 4.16. The molecule has 2 aromatic heterocycles. The van der Waals surface area contributed by atoms with Crippen LogP contribution in [0.25, 0.3) is 0 Å². The number of aromatic amines is 1. The van der Waals surface area contributed by atoms with Crippen molar-refractivity contribution in [1.29, 1.82) is 0 Å². The van der Waals surface area contributed by atoms with E-state index in [1.54, 1.807) is 24.3 Å². The molecule has 4 heterocycles. The second-order valence-electron chi connectivity index (χ2n) is 8.45. The Morgan fingerprint density at radius 1 is 1.08 bits per heavy atom. The Morgan fingerprint density at radius 2 is 1.92 bits per heavy atom. The highest BCUT2D eigenvalue weighted by Crippen LogP contribution is 2.32. The van der Waals surface area contributed by atoms with E-state index in [4.69, 9.17) is 14.2 Å². The van der Waals surface area contributed by atoms with Crippen LogP contribution in [0.2, 0.25) is 0 Å². The minimum atomic E-state index is -0.697. The molecule has 0 saturated carbocycles. The van der Waals surface area contributed by atoms with Crippen LogP contribution in [0.4, 0.5) is 5.82 Å². The molecule has 1 saturated heterocycles. The number of carbonyl (C=O) groups is 1. The normalized spacial score (nSPS) is 14.5. The summed E-state index contributed by atoms with van der Waals surface area (Å²) in [6.07, 6.45) is 6.07. The Labute approximate surface area is 205 Å². The van der Waals surface area contributed by atoms with Crippen molar-refractivity contribution in [1.82, 2.24) is 24.8 Å². The third-order valence-corrected chi connectivity index (χ3v) is 6.03. The van der Waals surface area contributed by atoms with Crippen molar-refractivity contribution in [3.05, 3.63) is 68.8 Å². The van der Waals surface area contributed by atoms with Gasteiger partial charge < -0.3 is 29.4 Å². The molecule has 1 aromatic carbocycles. The number of ether oxygens (including phenoxy) is 3. The van der Waals surface area contributed by atoms with Crippen LogP contribution in [0.15, 0.2) is 46.4 Å². The molecule has 5 rings (SSSR count). The lowest BCUT2D eigenvalue weighted by atomic mass is 10.1. The molecule has 188 valence electrons. The van der Waals surface area contributed by atoms with Crippen LogP contribution in [-0.2, 0) is 6.54 Å². The van der Waals surface area contributed by atoms with E-state index in [-0.39, 0.29) is 32.1 Å². The number of amides is 1. The predicted octanol–water partition coefficient (Wildman–Crippen LogP) is 0.903. The van der Waals surface area contributed by atoms with Gasteiger partial charge in [-0.05, 0) is 37.0 Å². The maximum Gasteiger partial charge on any atom is 0.328 e. The molecule has 0 bridgehead atoms. The van der Waals surface area contributed by atoms with Gasteiger partial charge in [0, 0.05) is 25.4 Å². The van der Waals surface area contributed by atoms with Crippen LogP contribution in [0, 0.1) is 0 Å². The summed E-state index contributed by atoms with van der Waals surface area (Å²) in [7, 11) is 0. The van der Waals surface area contributed by atoms with Crippen LogP contribution in [0.1, 0.15) is 35.2 Å². The van der Waals surface area contributed by atoms with Gasteiger partial charge in [0.15, 0.2) is 11.5 Å². The number of hydrogen-bond donors (Lipinski definition) is 2. The van der Waals surface area contributed by atoms with Crippen LogP contribution in [-0.4, -0.2) is 58.5 Å². The second kappa shape index (κ2) is 10.5. The molecule has 0 unspecified atom stereocenters. The van der Waals surface area contributed by atoms with Crippen LogP contribution >= 0.6 is 0 Å². The largest absolute Gasteiger partial charge is 0.476 e. The molecular weight excluding hydrogens is 468 g/mol. The van der Waals surface area contributed by atoms with E-state index < -0.39 is 17.2 Å². The van der Waals surface area contributed by atoms with Gasteiger partial charge in [-0.15, -0.1) is 0 Å². The van der Waals surface area contributed by atoms with E-state index in [1.807, 2.05) is 0 Å². The molecule has 1 amide bonds. The number of rotatable bonds is 8. The molecule has 12 heteroatoms. The number of piperidine rings is 1. The number of benzene rings is 1. The minimum Gasteiger partial charge on any atom is -0.476 e. The topological polar surface area (TPSA) is 141 Å². The number of aromatic nitrogens is 4. The van der Waals surface area contributed by atoms with E-state index in [0.717, 1.165) is 42.5 Å². The summed E-state index contributed by atoms with van der Waals surface area (Å²) < 4.78 is 17.2. The first-order chi connectivity index (χ1) is 17.6. The highest BCUT2D eigenvalue weighted by Gasteiger charge is 2.18. The van der Waals surface area contributed by atoms with Gasteiger partial charge in [-0.1, -0.05) is 6.07 Å². The van der Waals surface area contributed by atoms with Crippen LogP contribution < -0.4 is 35.7 Å². The zero-order valence-corrected chi connectivity index (χ0v) is 19.6. The van der Waals surface area contributed by atoms with Gasteiger partial charge in [0.2, 0.25) is 12.7 Å². The summed E-state index contributed by atoms with van der Waals surface area (Å²) in [5, 5.41) is 2.64. The van der Waals surface area contributed by atoms with Crippen molar-refractivity contribution in [2.45, 2.75) is 25.8 Å². The fraction of sp³-hybridized carbons (Fsp3) is 0.375. The molecule has 1 fully saturated rings. The number of fused-ring (bicyclic) bond motifs is 1. The average molecular weight is 495 g/mol.